The van der Waals surface area contributed by atoms with Crippen LogP contribution in [0.1, 0.15) is 26.2 Å². The summed E-state index contributed by atoms with van der Waals surface area (Å²) >= 11 is 0. The van der Waals surface area contributed by atoms with E-state index in [0.29, 0.717) is 13.2 Å². The number of aliphatic hydroxyl groups excluding tert-OH is 1. The fraction of sp³-hybridized carbons (Fsp3) is 0.833. The van der Waals surface area contributed by atoms with Gasteiger partial charge in [0, 0.05) is 26.1 Å². The summed E-state index contributed by atoms with van der Waals surface area (Å²) in [4.78, 5) is 24.2. The summed E-state index contributed by atoms with van der Waals surface area (Å²) in [5.41, 5.74) is -0.368. The zero-order chi connectivity index (χ0) is 14.0. The zero-order valence-electron chi connectivity index (χ0n) is 11.0. The van der Waals surface area contributed by atoms with Crippen LogP contribution in [0.25, 0.3) is 0 Å². The van der Waals surface area contributed by atoms with E-state index in [9.17, 15) is 14.7 Å². The molecule has 3 unspecified atom stereocenters. The van der Waals surface area contributed by atoms with Gasteiger partial charge in [-0.3, -0.25) is 0 Å². The van der Waals surface area contributed by atoms with Crippen molar-refractivity contribution in [2.75, 3.05) is 19.7 Å². The third kappa shape index (κ3) is 3.16. The average Bonchev–Trinajstić information content (AvgIpc) is 2.93. The van der Waals surface area contributed by atoms with Crippen LogP contribution in [0.4, 0.5) is 4.79 Å². The van der Waals surface area contributed by atoms with Gasteiger partial charge in [0.15, 0.2) is 0 Å². The molecular weight excluding hydrogens is 252 g/mol. The molecule has 7 nitrogen and oxygen atoms in total. The van der Waals surface area contributed by atoms with Crippen molar-refractivity contribution in [2.45, 2.75) is 43.9 Å². The van der Waals surface area contributed by atoms with Crippen molar-refractivity contribution in [3.8, 4) is 0 Å². The second kappa shape index (κ2) is 5.34. The lowest BCUT2D eigenvalue weighted by Gasteiger charge is -2.27. The van der Waals surface area contributed by atoms with Crippen LogP contribution in [0, 0.1) is 0 Å². The lowest BCUT2D eigenvalue weighted by Crippen LogP contribution is -2.50. The highest BCUT2D eigenvalue weighted by molar-refractivity contribution is 5.83. The number of carbonyl (C=O) groups is 2. The summed E-state index contributed by atoms with van der Waals surface area (Å²) in [5, 5.41) is 21.2. The standard InChI is InChI=1S/C12H20N2O5/c1-12(3-2-4-19-12)7-13-11(18)14-6-8(15)5-9(14)10(16)17/h8-9,15H,2-7H2,1H3,(H,13,18)(H,16,17). The van der Waals surface area contributed by atoms with E-state index in [2.05, 4.69) is 5.32 Å². The Morgan fingerprint density at radius 3 is 2.84 bits per heavy atom. The number of β-amino-alcohol motifs (C(OH)–C–C–N with tert-alkyl or cyclic N) is 1. The smallest absolute Gasteiger partial charge is 0.326 e. The minimum absolute atomic E-state index is 0.0559. The average molecular weight is 272 g/mol. The minimum atomic E-state index is -1.09. The number of hydrogen-bond acceptors (Lipinski definition) is 4. The van der Waals surface area contributed by atoms with Gasteiger partial charge in [0.2, 0.25) is 0 Å². The fourth-order valence-electron chi connectivity index (χ4n) is 2.61. The number of aliphatic hydroxyl groups is 1. The lowest BCUT2D eigenvalue weighted by molar-refractivity contribution is -0.141. The summed E-state index contributed by atoms with van der Waals surface area (Å²) < 4.78 is 5.55. The van der Waals surface area contributed by atoms with E-state index in [1.54, 1.807) is 0 Å². The molecule has 2 aliphatic heterocycles. The normalized spacial score (nSPS) is 34.5. The largest absolute Gasteiger partial charge is 0.480 e. The van der Waals surface area contributed by atoms with Gasteiger partial charge in [-0.15, -0.1) is 0 Å². The molecule has 2 rings (SSSR count). The number of urea groups is 1. The molecule has 0 aromatic heterocycles. The highest BCUT2D eigenvalue weighted by atomic mass is 16.5. The first kappa shape index (κ1) is 14.1. The Balaban J connectivity index is 1.90. The minimum Gasteiger partial charge on any atom is -0.480 e. The van der Waals surface area contributed by atoms with E-state index in [1.165, 1.54) is 4.90 Å². The Morgan fingerprint density at radius 2 is 2.26 bits per heavy atom. The van der Waals surface area contributed by atoms with E-state index < -0.39 is 24.1 Å². The maximum absolute atomic E-state index is 12.0. The van der Waals surface area contributed by atoms with Gasteiger partial charge in [-0.1, -0.05) is 0 Å². The molecule has 2 aliphatic rings. The number of hydrogen-bond donors (Lipinski definition) is 3. The summed E-state index contributed by atoms with van der Waals surface area (Å²) in [6.45, 7) is 3.02. The molecule has 7 heteroatoms. The van der Waals surface area contributed by atoms with Crippen molar-refractivity contribution in [3.05, 3.63) is 0 Å². The van der Waals surface area contributed by atoms with Crippen LogP contribution < -0.4 is 5.32 Å². The number of ether oxygens (including phenoxy) is 1. The molecule has 0 aliphatic carbocycles. The Bertz CT molecular complexity index is 367. The van der Waals surface area contributed by atoms with Crippen molar-refractivity contribution in [2.24, 2.45) is 0 Å². The van der Waals surface area contributed by atoms with E-state index in [1.807, 2.05) is 6.92 Å². The van der Waals surface area contributed by atoms with Crippen molar-refractivity contribution < 1.29 is 24.5 Å². The predicted molar refractivity (Wildman–Crippen MR) is 65.7 cm³/mol. The molecule has 2 saturated heterocycles. The number of rotatable bonds is 3. The van der Waals surface area contributed by atoms with Crippen LogP contribution in [-0.2, 0) is 9.53 Å². The second-order valence-electron chi connectivity index (χ2n) is 5.46. The van der Waals surface area contributed by atoms with Gasteiger partial charge in [0.25, 0.3) is 0 Å². The number of carbonyl (C=O) groups excluding carboxylic acids is 1. The molecule has 2 heterocycles. The Labute approximate surface area is 111 Å². The van der Waals surface area contributed by atoms with E-state index in [0.717, 1.165) is 12.8 Å². The lowest BCUT2D eigenvalue weighted by atomic mass is 10.0. The predicted octanol–water partition coefficient (Wildman–Crippen LogP) is -0.215. The number of carboxylic acids is 1. The number of likely N-dealkylation sites (tertiary alicyclic amines) is 1. The molecule has 2 amide bonds. The van der Waals surface area contributed by atoms with Gasteiger partial charge < -0.3 is 25.2 Å². The number of aliphatic carboxylic acids is 1. The van der Waals surface area contributed by atoms with Crippen molar-refractivity contribution in [1.29, 1.82) is 0 Å². The summed E-state index contributed by atoms with van der Waals surface area (Å²) in [5.74, 6) is -1.09. The SMILES string of the molecule is CC1(CNC(=O)N2CC(O)CC2C(=O)O)CCCO1. The van der Waals surface area contributed by atoms with Crippen LogP contribution in [-0.4, -0.2) is 64.6 Å². The number of amides is 2. The molecule has 0 bridgehead atoms. The van der Waals surface area contributed by atoms with Gasteiger partial charge in [0.1, 0.15) is 6.04 Å². The van der Waals surface area contributed by atoms with Crippen LogP contribution in [0.5, 0.6) is 0 Å². The summed E-state index contributed by atoms with van der Waals surface area (Å²) in [7, 11) is 0. The highest BCUT2D eigenvalue weighted by Crippen LogP contribution is 2.24. The molecule has 0 aromatic rings. The first-order valence-electron chi connectivity index (χ1n) is 6.50. The fourth-order valence-corrected chi connectivity index (χ4v) is 2.61. The van der Waals surface area contributed by atoms with Crippen LogP contribution in [0.3, 0.4) is 0 Å². The maximum Gasteiger partial charge on any atom is 0.326 e. The molecular formula is C12H20N2O5. The van der Waals surface area contributed by atoms with E-state index in [4.69, 9.17) is 9.84 Å². The van der Waals surface area contributed by atoms with Crippen LogP contribution >= 0.6 is 0 Å². The zero-order valence-corrected chi connectivity index (χ0v) is 11.0. The van der Waals surface area contributed by atoms with Crippen LogP contribution in [0.2, 0.25) is 0 Å². The Morgan fingerprint density at radius 1 is 1.53 bits per heavy atom. The van der Waals surface area contributed by atoms with Crippen LogP contribution in [0.15, 0.2) is 0 Å². The number of nitrogens with one attached hydrogen (secondary N) is 1. The molecule has 0 radical (unpaired) electrons. The van der Waals surface area contributed by atoms with Gasteiger partial charge in [0.05, 0.1) is 11.7 Å². The summed E-state index contributed by atoms with van der Waals surface area (Å²) in [6.07, 6.45) is 1.14. The van der Waals surface area contributed by atoms with Crippen molar-refractivity contribution >= 4 is 12.0 Å². The Hall–Kier alpha value is -1.34. The summed E-state index contributed by atoms with van der Waals surface area (Å²) in [6, 6.07) is -1.41. The van der Waals surface area contributed by atoms with E-state index >= 15 is 0 Å². The molecule has 3 N–H and O–H groups in total. The molecule has 108 valence electrons. The van der Waals surface area contributed by atoms with Gasteiger partial charge in [-0.2, -0.15) is 0 Å². The first-order valence-corrected chi connectivity index (χ1v) is 6.50. The first-order chi connectivity index (χ1) is 8.91. The molecule has 0 spiro atoms. The Kier molecular flexibility index (Phi) is 3.96. The molecule has 0 saturated carbocycles. The topological polar surface area (TPSA) is 99.1 Å². The number of carboxylic acid groups (broad SMARTS) is 1. The molecule has 0 aromatic carbocycles. The van der Waals surface area contributed by atoms with Gasteiger partial charge >= 0.3 is 12.0 Å². The van der Waals surface area contributed by atoms with Crippen molar-refractivity contribution in [3.63, 3.8) is 0 Å². The van der Waals surface area contributed by atoms with Gasteiger partial charge in [-0.05, 0) is 19.8 Å². The van der Waals surface area contributed by atoms with Gasteiger partial charge in [-0.25, -0.2) is 9.59 Å². The monoisotopic (exact) mass is 272 g/mol. The maximum atomic E-state index is 12.0. The third-order valence-corrected chi connectivity index (χ3v) is 3.74. The van der Waals surface area contributed by atoms with E-state index in [-0.39, 0.29) is 18.6 Å². The molecule has 3 atom stereocenters. The quantitative estimate of drug-likeness (QED) is 0.660. The van der Waals surface area contributed by atoms with Crippen molar-refractivity contribution in [1.82, 2.24) is 10.2 Å². The number of nitrogens with zero attached hydrogens (tertiary/aromatic N) is 1. The second-order valence-corrected chi connectivity index (χ2v) is 5.46. The molecule has 19 heavy (non-hydrogen) atoms. The third-order valence-electron chi connectivity index (χ3n) is 3.74. The highest BCUT2D eigenvalue weighted by Gasteiger charge is 2.39. The molecule has 2 fully saturated rings.